The molecule has 3 nitrogen and oxygen atoms in total. The molecular formula is C21H21NO2. The van der Waals surface area contributed by atoms with Crippen LogP contribution in [0.2, 0.25) is 0 Å². The fraction of sp³-hybridized carbons (Fsp3) is 0.190. The van der Waals surface area contributed by atoms with Gasteiger partial charge in [0.2, 0.25) is 0 Å². The Morgan fingerprint density at radius 1 is 0.833 bits per heavy atom. The highest BCUT2D eigenvalue weighted by Crippen LogP contribution is 2.34. The summed E-state index contributed by atoms with van der Waals surface area (Å²) in [5.41, 5.74) is 5.44. The van der Waals surface area contributed by atoms with E-state index in [1.807, 2.05) is 51.4 Å². The molecule has 24 heavy (non-hydrogen) atoms. The molecule has 3 heteroatoms. The predicted molar refractivity (Wildman–Crippen MR) is 99.7 cm³/mol. The molecule has 0 amide bonds. The maximum absolute atomic E-state index is 12.1. The minimum absolute atomic E-state index is 0.290. The highest BCUT2D eigenvalue weighted by molar-refractivity contribution is 5.81. The fourth-order valence-electron chi connectivity index (χ4n) is 2.75. The van der Waals surface area contributed by atoms with E-state index in [4.69, 9.17) is 4.42 Å². The minimum Gasteiger partial charge on any atom is -0.422 e. The van der Waals surface area contributed by atoms with Gasteiger partial charge in [-0.25, -0.2) is 4.79 Å². The van der Waals surface area contributed by atoms with Crippen LogP contribution in [0.25, 0.3) is 22.5 Å². The lowest BCUT2D eigenvalue weighted by atomic mass is 9.97. The first-order valence-electron chi connectivity index (χ1n) is 7.96. The first kappa shape index (κ1) is 16.1. The van der Waals surface area contributed by atoms with Gasteiger partial charge in [-0.15, -0.1) is 0 Å². The van der Waals surface area contributed by atoms with Gasteiger partial charge >= 0.3 is 5.63 Å². The first-order valence-corrected chi connectivity index (χ1v) is 7.96. The highest BCUT2D eigenvalue weighted by atomic mass is 16.4. The molecule has 0 aliphatic carbocycles. The van der Waals surface area contributed by atoms with E-state index in [0.29, 0.717) is 11.3 Å². The summed E-state index contributed by atoms with van der Waals surface area (Å²) >= 11 is 0. The van der Waals surface area contributed by atoms with Gasteiger partial charge in [-0.3, -0.25) is 0 Å². The van der Waals surface area contributed by atoms with E-state index < -0.39 is 0 Å². The van der Waals surface area contributed by atoms with Crippen LogP contribution >= 0.6 is 0 Å². The number of hydrogen-bond donors (Lipinski definition) is 0. The molecule has 0 aliphatic rings. The van der Waals surface area contributed by atoms with Crippen molar-refractivity contribution in [3.05, 3.63) is 76.1 Å². The van der Waals surface area contributed by atoms with Crippen LogP contribution < -0.4 is 10.5 Å². The Bertz CT molecular complexity index is 921. The Labute approximate surface area is 142 Å². The average molecular weight is 319 g/mol. The molecule has 1 heterocycles. The standard InChI is InChI=1S/C21H21NO2/c1-14-7-5-6-8-18(14)20-19(13-15(2)21(23)24-20)16-9-11-17(12-10-16)22(3)4/h5-13H,1-4H3. The summed E-state index contributed by atoms with van der Waals surface area (Å²) in [6.07, 6.45) is 0. The number of anilines is 1. The third kappa shape index (κ3) is 2.98. The van der Waals surface area contributed by atoms with E-state index in [1.54, 1.807) is 6.92 Å². The monoisotopic (exact) mass is 319 g/mol. The first-order chi connectivity index (χ1) is 11.5. The normalized spacial score (nSPS) is 10.7. The summed E-state index contributed by atoms with van der Waals surface area (Å²) in [6.45, 7) is 3.80. The Balaban J connectivity index is 2.22. The predicted octanol–water partition coefficient (Wildman–Crippen LogP) is 4.66. The van der Waals surface area contributed by atoms with Crippen molar-refractivity contribution in [3.63, 3.8) is 0 Å². The quantitative estimate of drug-likeness (QED) is 0.704. The van der Waals surface area contributed by atoms with Crippen molar-refractivity contribution in [2.45, 2.75) is 13.8 Å². The molecule has 0 fully saturated rings. The van der Waals surface area contributed by atoms with Crippen LogP contribution in [-0.4, -0.2) is 14.1 Å². The molecule has 0 radical (unpaired) electrons. The van der Waals surface area contributed by atoms with Gasteiger partial charge in [0.15, 0.2) is 0 Å². The summed E-state index contributed by atoms with van der Waals surface area (Å²) in [4.78, 5) is 14.1. The van der Waals surface area contributed by atoms with Gasteiger partial charge in [-0.2, -0.15) is 0 Å². The molecule has 3 aromatic rings. The molecule has 0 spiro atoms. The van der Waals surface area contributed by atoms with Crippen LogP contribution in [0.3, 0.4) is 0 Å². The van der Waals surface area contributed by atoms with Crippen molar-refractivity contribution in [1.29, 1.82) is 0 Å². The van der Waals surface area contributed by atoms with Crippen LogP contribution in [0.15, 0.2) is 63.8 Å². The van der Waals surface area contributed by atoms with Crippen molar-refractivity contribution in [3.8, 4) is 22.5 Å². The molecule has 0 N–H and O–H groups in total. The van der Waals surface area contributed by atoms with E-state index in [-0.39, 0.29) is 5.63 Å². The lowest BCUT2D eigenvalue weighted by molar-refractivity contribution is 0.522. The molecule has 0 bridgehead atoms. The smallest absolute Gasteiger partial charge is 0.339 e. The van der Waals surface area contributed by atoms with Crippen molar-refractivity contribution in [2.75, 3.05) is 19.0 Å². The van der Waals surface area contributed by atoms with E-state index >= 15 is 0 Å². The Morgan fingerprint density at radius 2 is 1.50 bits per heavy atom. The van der Waals surface area contributed by atoms with E-state index in [9.17, 15) is 4.79 Å². The van der Waals surface area contributed by atoms with Gasteiger partial charge in [0.25, 0.3) is 0 Å². The molecule has 3 rings (SSSR count). The number of hydrogen-bond acceptors (Lipinski definition) is 3. The Kier molecular flexibility index (Phi) is 4.26. The number of nitrogens with zero attached hydrogens (tertiary/aromatic N) is 1. The second-order valence-electron chi connectivity index (χ2n) is 6.22. The third-order valence-corrected chi connectivity index (χ3v) is 4.21. The van der Waals surface area contributed by atoms with Crippen LogP contribution in [0.5, 0.6) is 0 Å². The molecule has 0 saturated heterocycles. The molecular weight excluding hydrogens is 298 g/mol. The molecule has 0 atom stereocenters. The van der Waals surface area contributed by atoms with Crippen LogP contribution in [0.4, 0.5) is 5.69 Å². The average Bonchev–Trinajstić information content (AvgIpc) is 2.57. The van der Waals surface area contributed by atoms with Crippen molar-refractivity contribution < 1.29 is 4.42 Å². The lowest BCUT2D eigenvalue weighted by Gasteiger charge is -2.14. The van der Waals surface area contributed by atoms with Crippen LogP contribution in [0.1, 0.15) is 11.1 Å². The highest BCUT2D eigenvalue weighted by Gasteiger charge is 2.15. The SMILES string of the molecule is Cc1ccccc1-c1oc(=O)c(C)cc1-c1ccc(N(C)C)cc1. The van der Waals surface area contributed by atoms with E-state index in [0.717, 1.165) is 27.9 Å². The summed E-state index contributed by atoms with van der Waals surface area (Å²) in [5, 5.41) is 0. The van der Waals surface area contributed by atoms with Gasteiger partial charge in [-0.1, -0.05) is 36.4 Å². The van der Waals surface area contributed by atoms with Crippen molar-refractivity contribution in [2.24, 2.45) is 0 Å². The maximum Gasteiger partial charge on any atom is 0.339 e. The summed E-state index contributed by atoms with van der Waals surface area (Å²) in [5.74, 6) is 0.626. The Hall–Kier alpha value is -2.81. The summed E-state index contributed by atoms with van der Waals surface area (Å²) < 4.78 is 5.67. The zero-order valence-electron chi connectivity index (χ0n) is 14.5. The second kappa shape index (κ2) is 6.36. The van der Waals surface area contributed by atoms with Gasteiger partial charge in [0.05, 0.1) is 0 Å². The van der Waals surface area contributed by atoms with Gasteiger partial charge in [0, 0.05) is 36.5 Å². The number of rotatable bonds is 3. The summed E-state index contributed by atoms with van der Waals surface area (Å²) in [6, 6.07) is 18.1. The maximum atomic E-state index is 12.1. The zero-order valence-corrected chi connectivity index (χ0v) is 14.5. The van der Waals surface area contributed by atoms with Crippen molar-refractivity contribution in [1.82, 2.24) is 0 Å². The Morgan fingerprint density at radius 3 is 2.12 bits per heavy atom. The largest absolute Gasteiger partial charge is 0.422 e. The van der Waals surface area contributed by atoms with E-state index in [1.165, 1.54) is 0 Å². The van der Waals surface area contributed by atoms with Gasteiger partial charge in [-0.05, 0) is 43.2 Å². The minimum atomic E-state index is -0.290. The van der Waals surface area contributed by atoms with Gasteiger partial charge in [0.1, 0.15) is 5.76 Å². The molecule has 0 aliphatic heterocycles. The summed E-state index contributed by atoms with van der Waals surface area (Å²) in [7, 11) is 4.03. The van der Waals surface area contributed by atoms with Crippen molar-refractivity contribution >= 4 is 5.69 Å². The third-order valence-electron chi connectivity index (χ3n) is 4.21. The molecule has 2 aromatic carbocycles. The van der Waals surface area contributed by atoms with Crippen LogP contribution in [0, 0.1) is 13.8 Å². The number of benzene rings is 2. The molecule has 0 saturated carbocycles. The zero-order chi connectivity index (χ0) is 17.3. The molecule has 0 unspecified atom stereocenters. The molecule has 122 valence electrons. The fourth-order valence-corrected chi connectivity index (χ4v) is 2.75. The van der Waals surface area contributed by atoms with Gasteiger partial charge < -0.3 is 9.32 Å². The number of aryl methyl sites for hydroxylation is 2. The van der Waals surface area contributed by atoms with E-state index in [2.05, 4.69) is 29.2 Å². The van der Waals surface area contributed by atoms with Crippen LogP contribution in [-0.2, 0) is 0 Å². The molecule has 1 aromatic heterocycles. The lowest BCUT2D eigenvalue weighted by Crippen LogP contribution is -2.08. The second-order valence-corrected chi connectivity index (χ2v) is 6.22. The topological polar surface area (TPSA) is 33.5 Å².